The highest BCUT2D eigenvalue weighted by Gasteiger charge is 2.09. The van der Waals surface area contributed by atoms with E-state index in [2.05, 4.69) is 25.3 Å². The smallest absolute Gasteiger partial charge is 0.255 e. The lowest BCUT2D eigenvalue weighted by Gasteiger charge is -2.09. The number of ether oxygens (including phenoxy) is 1. The summed E-state index contributed by atoms with van der Waals surface area (Å²) >= 11 is 0. The van der Waals surface area contributed by atoms with Gasteiger partial charge in [-0.2, -0.15) is 0 Å². The van der Waals surface area contributed by atoms with Gasteiger partial charge in [0.1, 0.15) is 5.75 Å². The monoisotopic (exact) mass is 325 g/mol. The Morgan fingerprint density at radius 2 is 1.92 bits per heavy atom. The van der Waals surface area contributed by atoms with Gasteiger partial charge in [-0.3, -0.25) is 15.1 Å². The zero-order valence-corrected chi connectivity index (χ0v) is 14.1. The van der Waals surface area contributed by atoms with Crippen LogP contribution < -0.4 is 15.6 Å². The van der Waals surface area contributed by atoms with E-state index >= 15 is 0 Å². The number of aromatic nitrogens is 4. The summed E-state index contributed by atoms with van der Waals surface area (Å²) < 4.78 is 5.52. The Morgan fingerprint density at radius 3 is 2.62 bits per heavy atom. The maximum atomic E-state index is 11.9. The van der Waals surface area contributed by atoms with Gasteiger partial charge in [-0.15, -0.1) is 0 Å². The molecule has 0 radical (unpaired) electrons. The van der Waals surface area contributed by atoms with Gasteiger partial charge in [-0.05, 0) is 39.8 Å². The number of benzene rings is 1. The Labute approximate surface area is 139 Å². The lowest BCUT2D eigenvalue weighted by molar-refractivity contribution is 0.340. The van der Waals surface area contributed by atoms with E-state index in [9.17, 15) is 4.79 Å². The molecule has 0 bridgehead atoms. The van der Waals surface area contributed by atoms with Gasteiger partial charge in [0.05, 0.1) is 17.8 Å². The van der Waals surface area contributed by atoms with Crippen LogP contribution in [0, 0.1) is 20.8 Å². The van der Waals surface area contributed by atoms with Gasteiger partial charge >= 0.3 is 0 Å². The average Bonchev–Trinajstić information content (AvgIpc) is 2.52. The third-order valence-electron chi connectivity index (χ3n) is 3.79. The van der Waals surface area contributed by atoms with Gasteiger partial charge in [0, 0.05) is 22.7 Å². The van der Waals surface area contributed by atoms with Gasteiger partial charge in [-0.25, -0.2) is 15.0 Å². The number of nitrogens with one attached hydrogen (secondary N) is 2. The number of aromatic amines is 1. The molecular weight excluding hydrogens is 306 g/mol. The van der Waals surface area contributed by atoms with Crippen molar-refractivity contribution in [3.05, 3.63) is 45.5 Å². The zero-order chi connectivity index (χ0) is 17.3. The molecule has 0 spiro atoms. The van der Waals surface area contributed by atoms with Gasteiger partial charge in [0.2, 0.25) is 11.9 Å². The Hall–Kier alpha value is -2.96. The molecule has 0 atom stereocenters. The summed E-state index contributed by atoms with van der Waals surface area (Å²) in [5, 5.41) is 3.92. The van der Waals surface area contributed by atoms with E-state index in [1.54, 1.807) is 13.8 Å². The van der Waals surface area contributed by atoms with Crippen molar-refractivity contribution < 1.29 is 4.74 Å². The number of nitrogens with zero attached hydrogens (tertiary/aromatic N) is 3. The molecule has 7 nitrogen and oxygen atoms in total. The molecule has 3 rings (SSSR count). The summed E-state index contributed by atoms with van der Waals surface area (Å²) in [6, 6.07) is 5.71. The first-order valence-electron chi connectivity index (χ1n) is 7.73. The second-order valence-electron chi connectivity index (χ2n) is 5.49. The molecule has 0 amide bonds. The molecule has 0 aliphatic carbocycles. The van der Waals surface area contributed by atoms with Crippen LogP contribution in [-0.2, 0) is 0 Å². The highest BCUT2D eigenvalue weighted by Crippen LogP contribution is 2.23. The lowest BCUT2D eigenvalue weighted by atomic mass is 10.2. The number of H-pyrrole nitrogens is 1. The first-order valence-corrected chi connectivity index (χ1v) is 7.73. The van der Waals surface area contributed by atoms with Crippen LogP contribution >= 0.6 is 0 Å². The highest BCUT2D eigenvalue weighted by molar-refractivity contribution is 5.83. The molecular formula is C17H19N5O2. The standard InChI is InChI=1S/C17H19N5O2/c1-5-24-12-6-7-13-11(4)19-16(20-14(13)8-12)22-17-18-10(3)9(2)15(23)21-17/h6-8H,5H2,1-4H3,(H2,18,19,20,21,22,23). The Balaban J connectivity index is 2.02. The van der Waals surface area contributed by atoms with Crippen LogP contribution in [0.5, 0.6) is 5.75 Å². The van der Waals surface area contributed by atoms with Crippen molar-refractivity contribution in [2.75, 3.05) is 11.9 Å². The molecule has 7 heteroatoms. The molecule has 0 unspecified atom stereocenters. The van der Waals surface area contributed by atoms with Gasteiger partial charge in [0.25, 0.3) is 5.56 Å². The average molecular weight is 325 g/mol. The fraction of sp³-hybridized carbons (Fsp3) is 0.294. The maximum absolute atomic E-state index is 11.9. The minimum Gasteiger partial charge on any atom is -0.494 e. The molecule has 124 valence electrons. The highest BCUT2D eigenvalue weighted by atomic mass is 16.5. The molecule has 2 N–H and O–H groups in total. The second-order valence-corrected chi connectivity index (χ2v) is 5.49. The van der Waals surface area contributed by atoms with E-state index in [1.807, 2.05) is 32.0 Å². The molecule has 0 aliphatic rings. The number of hydrogen-bond donors (Lipinski definition) is 2. The fourth-order valence-electron chi connectivity index (χ4n) is 2.39. The maximum Gasteiger partial charge on any atom is 0.255 e. The van der Waals surface area contributed by atoms with Crippen LogP contribution in [-0.4, -0.2) is 26.5 Å². The Kier molecular flexibility index (Phi) is 4.16. The van der Waals surface area contributed by atoms with E-state index in [0.717, 1.165) is 22.3 Å². The molecule has 24 heavy (non-hydrogen) atoms. The number of hydrogen-bond acceptors (Lipinski definition) is 6. The molecule has 0 saturated carbocycles. The van der Waals surface area contributed by atoms with Gasteiger partial charge in [0.15, 0.2) is 0 Å². The van der Waals surface area contributed by atoms with Crippen LogP contribution in [0.2, 0.25) is 0 Å². The molecule has 0 saturated heterocycles. The quantitative estimate of drug-likeness (QED) is 0.766. The van der Waals surface area contributed by atoms with Crippen molar-refractivity contribution in [1.29, 1.82) is 0 Å². The minimum atomic E-state index is -0.179. The topological polar surface area (TPSA) is 92.8 Å². The third kappa shape index (κ3) is 3.05. The van der Waals surface area contributed by atoms with E-state index < -0.39 is 0 Å². The molecule has 0 aliphatic heterocycles. The van der Waals surface area contributed by atoms with Crippen LogP contribution in [0.1, 0.15) is 23.9 Å². The first-order chi connectivity index (χ1) is 11.5. The molecule has 2 heterocycles. The van der Waals surface area contributed by atoms with Crippen molar-refractivity contribution >= 4 is 22.8 Å². The zero-order valence-electron chi connectivity index (χ0n) is 14.1. The van der Waals surface area contributed by atoms with Crippen molar-refractivity contribution in [2.45, 2.75) is 27.7 Å². The van der Waals surface area contributed by atoms with E-state index in [0.29, 0.717) is 29.8 Å². The van der Waals surface area contributed by atoms with Gasteiger partial charge < -0.3 is 4.74 Å². The predicted octanol–water partition coefficient (Wildman–Crippen LogP) is 2.78. The largest absolute Gasteiger partial charge is 0.494 e. The van der Waals surface area contributed by atoms with Crippen molar-refractivity contribution in [3.8, 4) is 5.75 Å². The Bertz CT molecular complexity index is 965. The van der Waals surface area contributed by atoms with Crippen LogP contribution in [0.25, 0.3) is 10.9 Å². The minimum absolute atomic E-state index is 0.179. The van der Waals surface area contributed by atoms with Crippen LogP contribution in [0.4, 0.5) is 11.9 Å². The van der Waals surface area contributed by atoms with Crippen molar-refractivity contribution in [3.63, 3.8) is 0 Å². The summed E-state index contributed by atoms with van der Waals surface area (Å²) in [5.41, 5.74) is 2.68. The Morgan fingerprint density at radius 1 is 1.12 bits per heavy atom. The summed E-state index contributed by atoms with van der Waals surface area (Å²) in [6.45, 7) is 7.96. The third-order valence-corrected chi connectivity index (χ3v) is 3.79. The summed E-state index contributed by atoms with van der Waals surface area (Å²) in [7, 11) is 0. The summed E-state index contributed by atoms with van der Waals surface area (Å²) in [6.07, 6.45) is 0. The normalized spacial score (nSPS) is 10.8. The number of aryl methyl sites for hydroxylation is 2. The van der Waals surface area contributed by atoms with E-state index in [4.69, 9.17) is 4.74 Å². The lowest BCUT2D eigenvalue weighted by Crippen LogP contribution is -2.16. The summed E-state index contributed by atoms with van der Waals surface area (Å²) in [5.74, 6) is 1.45. The molecule has 2 aromatic heterocycles. The number of fused-ring (bicyclic) bond motifs is 1. The second kappa shape index (κ2) is 6.27. The molecule has 1 aromatic carbocycles. The van der Waals surface area contributed by atoms with Crippen molar-refractivity contribution in [1.82, 2.24) is 19.9 Å². The number of rotatable bonds is 4. The SMILES string of the molecule is CCOc1ccc2c(C)nc(Nc3nc(C)c(C)c(=O)[nH]3)nc2c1. The fourth-order valence-corrected chi connectivity index (χ4v) is 2.39. The van der Waals surface area contributed by atoms with Gasteiger partial charge in [-0.1, -0.05) is 0 Å². The van der Waals surface area contributed by atoms with Crippen LogP contribution in [0.15, 0.2) is 23.0 Å². The molecule has 3 aromatic rings. The summed E-state index contributed by atoms with van der Waals surface area (Å²) in [4.78, 5) is 27.8. The predicted molar refractivity (Wildman–Crippen MR) is 93.1 cm³/mol. The number of anilines is 2. The van der Waals surface area contributed by atoms with E-state index in [-0.39, 0.29) is 5.56 Å². The molecule has 0 fully saturated rings. The van der Waals surface area contributed by atoms with Crippen molar-refractivity contribution in [2.24, 2.45) is 0 Å². The van der Waals surface area contributed by atoms with Crippen LogP contribution in [0.3, 0.4) is 0 Å². The first kappa shape index (κ1) is 15.9. The van der Waals surface area contributed by atoms with E-state index in [1.165, 1.54) is 0 Å².